The van der Waals surface area contributed by atoms with Gasteiger partial charge in [-0.3, -0.25) is 0 Å². The zero-order valence-corrected chi connectivity index (χ0v) is 6.59. The monoisotopic (exact) mass is 157 g/mol. The van der Waals surface area contributed by atoms with E-state index in [4.69, 9.17) is 11.6 Å². The zero-order valence-electron chi connectivity index (χ0n) is 5.02. The Kier molecular flexibility index (Phi) is 2.43. The van der Waals surface area contributed by atoms with E-state index in [2.05, 4.69) is 6.07 Å². The molecule has 0 bridgehead atoms. The van der Waals surface area contributed by atoms with Crippen LogP contribution in [0.15, 0.2) is 23.1 Å². The van der Waals surface area contributed by atoms with E-state index >= 15 is 0 Å². The van der Waals surface area contributed by atoms with Crippen LogP contribution in [0.5, 0.6) is 0 Å². The topological polar surface area (TPSA) is 0 Å². The average molecular weight is 158 g/mol. The van der Waals surface area contributed by atoms with Crippen molar-refractivity contribution in [3.8, 4) is 0 Å². The quantitative estimate of drug-likeness (QED) is 0.565. The molecule has 0 aliphatic rings. The van der Waals surface area contributed by atoms with Gasteiger partial charge in [0.05, 0.1) is 0 Å². The Morgan fingerprint density at radius 3 is 2.78 bits per heavy atom. The first-order valence-electron chi connectivity index (χ1n) is 2.55. The largest absolute Gasteiger partial charge is 0.129 e. The molecule has 0 spiro atoms. The highest BCUT2D eigenvalue weighted by molar-refractivity contribution is 7.98. The Morgan fingerprint density at radius 2 is 2.33 bits per heavy atom. The predicted molar refractivity (Wildman–Crippen MR) is 42.1 cm³/mol. The molecule has 1 aromatic rings. The van der Waals surface area contributed by atoms with E-state index in [1.54, 1.807) is 11.8 Å². The molecule has 1 aromatic carbocycles. The minimum Gasteiger partial charge on any atom is -0.129 e. The number of halogens is 1. The molecule has 0 heterocycles. The molecule has 0 saturated heterocycles. The second-order valence-corrected chi connectivity index (χ2v) is 2.82. The molecule has 0 amide bonds. The summed E-state index contributed by atoms with van der Waals surface area (Å²) >= 11 is 7.30. The summed E-state index contributed by atoms with van der Waals surface area (Å²) < 4.78 is 0. The van der Waals surface area contributed by atoms with Crippen LogP contribution in [0.2, 0.25) is 5.02 Å². The molecule has 0 fully saturated rings. The van der Waals surface area contributed by atoms with Crippen molar-refractivity contribution < 1.29 is 0 Å². The van der Waals surface area contributed by atoms with Crippen LogP contribution in [0.4, 0.5) is 0 Å². The van der Waals surface area contributed by atoms with Crippen molar-refractivity contribution in [2.75, 3.05) is 6.26 Å². The minimum absolute atomic E-state index is 0.682. The lowest BCUT2D eigenvalue weighted by Gasteiger charge is -1.92. The minimum atomic E-state index is 0.682. The van der Waals surface area contributed by atoms with Crippen LogP contribution in [0.3, 0.4) is 0 Å². The summed E-state index contributed by atoms with van der Waals surface area (Å²) in [5.41, 5.74) is 0. The molecule has 0 N–H and O–H groups in total. The molecule has 0 unspecified atom stereocenters. The van der Waals surface area contributed by atoms with E-state index in [1.807, 2.05) is 24.5 Å². The third-order valence-electron chi connectivity index (χ3n) is 0.953. The van der Waals surface area contributed by atoms with Crippen LogP contribution >= 0.6 is 23.4 Å². The summed E-state index contributed by atoms with van der Waals surface area (Å²) in [6.45, 7) is 0. The first-order chi connectivity index (χ1) is 4.33. The van der Waals surface area contributed by atoms with Gasteiger partial charge in [0.2, 0.25) is 0 Å². The second kappa shape index (κ2) is 3.14. The van der Waals surface area contributed by atoms with Crippen molar-refractivity contribution in [3.63, 3.8) is 0 Å². The van der Waals surface area contributed by atoms with E-state index in [-0.39, 0.29) is 0 Å². The smallest absolute Gasteiger partial charge is 0.0496 e. The average Bonchev–Trinajstić information content (AvgIpc) is 1.88. The van der Waals surface area contributed by atoms with E-state index in [9.17, 15) is 0 Å². The van der Waals surface area contributed by atoms with Gasteiger partial charge in [-0.1, -0.05) is 17.7 Å². The van der Waals surface area contributed by atoms with Gasteiger partial charge in [-0.15, -0.1) is 11.8 Å². The van der Waals surface area contributed by atoms with Crippen LogP contribution in [-0.4, -0.2) is 6.26 Å². The van der Waals surface area contributed by atoms with Gasteiger partial charge < -0.3 is 0 Å². The lowest BCUT2D eigenvalue weighted by atomic mass is 10.4. The Balaban J connectivity index is 2.94. The Labute approximate surface area is 64.2 Å². The third kappa shape index (κ3) is 1.92. The van der Waals surface area contributed by atoms with Gasteiger partial charge in [-0.2, -0.15) is 0 Å². The van der Waals surface area contributed by atoms with Gasteiger partial charge in [-0.25, -0.2) is 0 Å². The van der Waals surface area contributed by atoms with Crippen molar-refractivity contribution in [3.05, 3.63) is 29.3 Å². The van der Waals surface area contributed by atoms with E-state index in [0.717, 1.165) is 4.90 Å². The van der Waals surface area contributed by atoms with Gasteiger partial charge in [0.15, 0.2) is 0 Å². The maximum atomic E-state index is 5.65. The fourth-order valence-electron chi connectivity index (χ4n) is 0.540. The molecule has 0 aliphatic carbocycles. The summed E-state index contributed by atoms with van der Waals surface area (Å²) in [5.74, 6) is 0. The summed E-state index contributed by atoms with van der Waals surface area (Å²) in [5, 5.41) is 0.682. The summed E-state index contributed by atoms with van der Waals surface area (Å²) in [6.07, 6.45) is 2.00. The van der Waals surface area contributed by atoms with E-state index < -0.39 is 0 Å². The number of thioether (sulfide) groups is 1. The number of rotatable bonds is 1. The zero-order chi connectivity index (χ0) is 6.69. The molecule has 1 rings (SSSR count). The van der Waals surface area contributed by atoms with Gasteiger partial charge in [0, 0.05) is 16.0 Å². The van der Waals surface area contributed by atoms with Crippen LogP contribution in [0, 0.1) is 6.07 Å². The maximum Gasteiger partial charge on any atom is 0.0496 e. The number of hydrogen-bond acceptors (Lipinski definition) is 1. The molecular formula is C7H6ClS. The molecule has 47 valence electrons. The lowest BCUT2D eigenvalue weighted by molar-refractivity contribution is 1.45. The van der Waals surface area contributed by atoms with E-state index in [0.29, 0.717) is 5.02 Å². The van der Waals surface area contributed by atoms with Crippen molar-refractivity contribution in [2.24, 2.45) is 0 Å². The Bertz CT molecular complexity index is 198. The molecule has 1 radical (unpaired) electrons. The van der Waals surface area contributed by atoms with Gasteiger partial charge in [-0.05, 0) is 18.4 Å². The molecule has 0 atom stereocenters. The molecule has 9 heavy (non-hydrogen) atoms. The summed E-state index contributed by atoms with van der Waals surface area (Å²) in [4.78, 5) is 1.09. The SMILES string of the molecule is CSc1[c]c(Cl)ccc1. The fourth-order valence-corrected chi connectivity index (χ4v) is 1.20. The van der Waals surface area contributed by atoms with Crippen LogP contribution < -0.4 is 0 Å². The number of hydrogen-bond donors (Lipinski definition) is 0. The molecular weight excluding hydrogens is 152 g/mol. The van der Waals surface area contributed by atoms with Crippen LogP contribution in [-0.2, 0) is 0 Å². The first-order valence-corrected chi connectivity index (χ1v) is 4.15. The second-order valence-electron chi connectivity index (χ2n) is 1.57. The van der Waals surface area contributed by atoms with Gasteiger partial charge in [0.1, 0.15) is 0 Å². The number of benzene rings is 1. The van der Waals surface area contributed by atoms with Crippen LogP contribution in [0.1, 0.15) is 0 Å². The van der Waals surface area contributed by atoms with Crippen LogP contribution in [0.25, 0.3) is 0 Å². The van der Waals surface area contributed by atoms with Crippen molar-refractivity contribution in [2.45, 2.75) is 4.90 Å². The third-order valence-corrected chi connectivity index (χ3v) is 1.85. The van der Waals surface area contributed by atoms with Crippen molar-refractivity contribution in [1.29, 1.82) is 0 Å². The molecule has 0 aliphatic heterocycles. The Morgan fingerprint density at radius 1 is 1.56 bits per heavy atom. The standard InChI is InChI=1S/C7H6ClS/c1-9-7-4-2-3-6(8)5-7/h2-4H,1H3. The highest BCUT2D eigenvalue weighted by atomic mass is 35.5. The summed E-state index contributed by atoms with van der Waals surface area (Å²) in [6, 6.07) is 8.71. The maximum absolute atomic E-state index is 5.65. The van der Waals surface area contributed by atoms with Gasteiger partial charge >= 0.3 is 0 Å². The molecule has 0 nitrogen and oxygen atoms in total. The highest BCUT2D eigenvalue weighted by Crippen LogP contribution is 2.17. The first kappa shape index (κ1) is 6.97. The van der Waals surface area contributed by atoms with Crippen molar-refractivity contribution >= 4 is 23.4 Å². The summed E-state index contributed by atoms with van der Waals surface area (Å²) in [7, 11) is 0. The molecule has 2 heteroatoms. The highest BCUT2D eigenvalue weighted by Gasteiger charge is 1.89. The van der Waals surface area contributed by atoms with Gasteiger partial charge in [0.25, 0.3) is 0 Å². The predicted octanol–water partition coefficient (Wildman–Crippen LogP) is 2.86. The fraction of sp³-hybridized carbons (Fsp3) is 0.143. The normalized spacial score (nSPS) is 9.56. The van der Waals surface area contributed by atoms with Crippen molar-refractivity contribution in [1.82, 2.24) is 0 Å². The molecule has 0 saturated carbocycles. The Hall–Kier alpha value is -0.140. The molecule has 0 aromatic heterocycles. The lowest BCUT2D eigenvalue weighted by Crippen LogP contribution is -1.67. The van der Waals surface area contributed by atoms with E-state index in [1.165, 1.54) is 0 Å².